The number of hydrogen-bond donors (Lipinski definition) is 0. The fourth-order valence-corrected chi connectivity index (χ4v) is 3.57. The third kappa shape index (κ3) is 3.51. The molecular weight excluding hydrogens is 360 g/mol. The molecule has 0 bridgehead atoms. The number of hydrogen-bond acceptors (Lipinski definition) is 4. The van der Waals surface area contributed by atoms with Gasteiger partial charge in [-0.1, -0.05) is 35.9 Å². The first kappa shape index (κ1) is 17.5. The van der Waals surface area contributed by atoms with Gasteiger partial charge in [0.15, 0.2) is 0 Å². The Hall–Kier alpha value is -2.92. The van der Waals surface area contributed by atoms with Gasteiger partial charge in [0.25, 0.3) is 5.56 Å². The minimum atomic E-state index is -0.0827. The number of anilines is 1. The third-order valence-electron chi connectivity index (χ3n) is 4.74. The van der Waals surface area contributed by atoms with Crippen LogP contribution in [0, 0.1) is 0 Å². The summed E-state index contributed by atoms with van der Waals surface area (Å²) in [6, 6.07) is 13.1. The zero-order valence-corrected chi connectivity index (χ0v) is 15.7. The summed E-state index contributed by atoms with van der Waals surface area (Å²) in [5.41, 5.74) is 3.63. The minimum Gasteiger partial charge on any atom is -0.338 e. The maximum Gasteiger partial charge on any atom is 0.255 e. The summed E-state index contributed by atoms with van der Waals surface area (Å²) in [6.07, 6.45) is 6.49. The molecule has 0 N–H and O–H groups in total. The number of pyridine rings is 1. The highest BCUT2D eigenvalue weighted by Gasteiger charge is 2.20. The van der Waals surface area contributed by atoms with E-state index >= 15 is 0 Å². The maximum absolute atomic E-state index is 12.5. The van der Waals surface area contributed by atoms with Crippen molar-refractivity contribution in [1.82, 2.24) is 14.5 Å². The number of nitrogens with zero attached hydrogens (tertiary/aromatic N) is 4. The van der Waals surface area contributed by atoms with Crippen molar-refractivity contribution in [2.24, 2.45) is 7.05 Å². The van der Waals surface area contributed by atoms with Crippen molar-refractivity contribution in [2.45, 2.75) is 6.42 Å². The molecule has 4 rings (SSSR count). The van der Waals surface area contributed by atoms with Crippen LogP contribution in [0.25, 0.3) is 16.8 Å². The normalized spacial score (nSPS) is 14.1. The molecule has 3 heterocycles. The van der Waals surface area contributed by atoms with Crippen LogP contribution < -0.4 is 10.5 Å². The van der Waals surface area contributed by atoms with Crippen molar-refractivity contribution < 1.29 is 0 Å². The molecule has 0 amide bonds. The van der Waals surface area contributed by atoms with E-state index in [1.54, 1.807) is 30.1 Å². The van der Waals surface area contributed by atoms with Crippen LogP contribution in [0.3, 0.4) is 0 Å². The van der Waals surface area contributed by atoms with Crippen LogP contribution in [0.4, 0.5) is 5.95 Å². The first-order chi connectivity index (χ1) is 13.1. The molecule has 1 aliphatic rings. The standard InChI is InChI=1S/C21H19ClN4O/c1-25-20(27)13-19(15-8-10-23-11-9-15)24-21(25)26-12-4-5-16(14-26)17-6-2-3-7-18(17)22/h2-3,5-11,13H,4,12,14H2,1H3. The predicted molar refractivity (Wildman–Crippen MR) is 109 cm³/mol. The van der Waals surface area contributed by atoms with Crippen LogP contribution in [0.2, 0.25) is 5.02 Å². The summed E-state index contributed by atoms with van der Waals surface area (Å²) in [5, 5.41) is 0.734. The molecule has 27 heavy (non-hydrogen) atoms. The Labute approximate surface area is 162 Å². The second kappa shape index (κ2) is 7.37. The van der Waals surface area contributed by atoms with Crippen LogP contribution in [-0.2, 0) is 7.05 Å². The topological polar surface area (TPSA) is 51.0 Å². The van der Waals surface area contributed by atoms with E-state index in [-0.39, 0.29) is 5.56 Å². The highest BCUT2D eigenvalue weighted by atomic mass is 35.5. The van der Waals surface area contributed by atoms with E-state index in [2.05, 4.69) is 16.0 Å². The molecule has 5 nitrogen and oxygen atoms in total. The molecule has 0 aliphatic carbocycles. The molecule has 0 fully saturated rings. The fraction of sp³-hybridized carbons (Fsp3) is 0.190. The van der Waals surface area contributed by atoms with Gasteiger partial charge >= 0.3 is 0 Å². The van der Waals surface area contributed by atoms with E-state index in [0.29, 0.717) is 18.2 Å². The fourth-order valence-electron chi connectivity index (χ4n) is 3.31. The molecule has 6 heteroatoms. The summed E-state index contributed by atoms with van der Waals surface area (Å²) < 4.78 is 1.60. The first-order valence-electron chi connectivity index (χ1n) is 8.81. The molecule has 0 saturated heterocycles. The number of aromatic nitrogens is 3. The minimum absolute atomic E-state index is 0.0827. The highest BCUT2D eigenvalue weighted by Crippen LogP contribution is 2.29. The Morgan fingerprint density at radius 1 is 1.11 bits per heavy atom. The smallest absolute Gasteiger partial charge is 0.255 e. The summed E-state index contributed by atoms with van der Waals surface area (Å²) in [5.74, 6) is 0.659. The predicted octanol–water partition coefficient (Wildman–Crippen LogP) is 3.79. The van der Waals surface area contributed by atoms with Crippen molar-refractivity contribution in [1.29, 1.82) is 0 Å². The molecule has 0 atom stereocenters. The Kier molecular flexibility index (Phi) is 4.77. The zero-order chi connectivity index (χ0) is 18.8. The second-order valence-corrected chi connectivity index (χ2v) is 6.90. The molecule has 1 aromatic carbocycles. The monoisotopic (exact) mass is 378 g/mol. The Morgan fingerprint density at radius 2 is 1.89 bits per heavy atom. The Bertz CT molecular complexity index is 1060. The SMILES string of the molecule is Cn1c(N2CCC=C(c3ccccc3Cl)C2)nc(-c2ccncc2)cc1=O. The molecule has 0 saturated carbocycles. The largest absolute Gasteiger partial charge is 0.338 e. The van der Waals surface area contributed by atoms with Gasteiger partial charge in [0.1, 0.15) is 0 Å². The summed E-state index contributed by atoms with van der Waals surface area (Å²) in [7, 11) is 1.76. The lowest BCUT2D eigenvalue weighted by Gasteiger charge is -2.30. The van der Waals surface area contributed by atoms with Gasteiger partial charge in [-0.25, -0.2) is 4.98 Å². The number of halogens is 1. The first-order valence-corrected chi connectivity index (χ1v) is 9.18. The zero-order valence-electron chi connectivity index (χ0n) is 15.0. The molecule has 136 valence electrons. The van der Waals surface area contributed by atoms with E-state index in [1.165, 1.54) is 0 Å². The summed E-state index contributed by atoms with van der Waals surface area (Å²) >= 11 is 6.38. The lowest BCUT2D eigenvalue weighted by molar-refractivity contribution is 0.727. The van der Waals surface area contributed by atoms with E-state index in [0.717, 1.165) is 34.7 Å². The van der Waals surface area contributed by atoms with E-state index < -0.39 is 0 Å². The average Bonchev–Trinajstić information content (AvgIpc) is 2.71. The Morgan fingerprint density at radius 3 is 2.67 bits per heavy atom. The van der Waals surface area contributed by atoms with Gasteiger partial charge in [-0.3, -0.25) is 14.3 Å². The molecule has 2 aromatic heterocycles. The number of benzene rings is 1. The summed E-state index contributed by atoms with van der Waals surface area (Å²) in [4.78, 5) is 23.5. The average molecular weight is 379 g/mol. The Balaban J connectivity index is 1.72. The lowest BCUT2D eigenvalue weighted by atomic mass is 10.0. The van der Waals surface area contributed by atoms with Gasteiger partial charge in [-0.15, -0.1) is 0 Å². The van der Waals surface area contributed by atoms with Crippen molar-refractivity contribution in [3.8, 4) is 11.3 Å². The van der Waals surface area contributed by atoms with Crippen LogP contribution >= 0.6 is 11.6 Å². The van der Waals surface area contributed by atoms with Crippen molar-refractivity contribution >= 4 is 23.1 Å². The van der Waals surface area contributed by atoms with Crippen LogP contribution in [0.5, 0.6) is 0 Å². The van der Waals surface area contributed by atoms with Gasteiger partial charge in [0.05, 0.1) is 5.69 Å². The molecule has 0 spiro atoms. The summed E-state index contributed by atoms with van der Waals surface area (Å²) in [6.45, 7) is 1.46. The molecular formula is C21H19ClN4O. The third-order valence-corrected chi connectivity index (χ3v) is 5.07. The van der Waals surface area contributed by atoms with Crippen LogP contribution in [-0.4, -0.2) is 27.6 Å². The van der Waals surface area contributed by atoms with Gasteiger partial charge in [0, 0.05) is 49.2 Å². The van der Waals surface area contributed by atoms with Gasteiger partial charge < -0.3 is 4.90 Å². The molecule has 0 unspecified atom stereocenters. The highest BCUT2D eigenvalue weighted by molar-refractivity contribution is 6.32. The van der Waals surface area contributed by atoms with Crippen molar-refractivity contribution in [3.63, 3.8) is 0 Å². The van der Waals surface area contributed by atoms with Gasteiger partial charge in [0.2, 0.25) is 5.95 Å². The van der Waals surface area contributed by atoms with E-state index in [9.17, 15) is 4.79 Å². The van der Waals surface area contributed by atoms with Crippen molar-refractivity contribution in [2.75, 3.05) is 18.0 Å². The molecule has 1 aliphatic heterocycles. The lowest BCUT2D eigenvalue weighted by Crippen LogP contribution is -2.35. The van der Waals surface area contributed by atoms with Crippen molar-refractivity contribution in [3.05, 3.63) is 81.9 Å². The van der Waals surface area contributed by atoms with E-state index in [1.807, 2.05) is 36.4 Å². The van der Waals surface area contributed by atoms with Gasteiger partial charge in [-0.2, -0.15) is 0 Å². The quantitative estimate of drug-likeness (QED) is 0.695. The van der Waals surface area contributed by atoms with E-state index in [4.69, 9.17) is 16.6 Å². The number of rotatable bonds is 3. The van der Waals surface area contributed by atoms with Gasteiger partial charge in [-0.05, 0) is 35.8 Å². The molecule has 0 radical (unpaired) electrons. The second-order valence-electron chi connectivity index (χ2n) is 6.49. The molecule has 3 aromatic rings. The van der Waals surface area contributed by atoms with Crippen LogP contribution in [0.1, 0.15) is 12.0 Å². The maximum atomic E-state index is 12.5. The van der Waals surface area contributed by atoms with Crippen LogP contribution in [0.15, 0.2) is 65.7 Å².